The summed E-state index contributed by atoms with van der Waals surface area (Å²) in [5.41, 5.74) is 0. The summed E-state index contributed by atoms with van der Waals surface area (Å²) >= 11 is 0. The number of aliphatic hydroxyl groups is 3. The first-order valence-electron chi connectivity index (χ1n) is 3.48. The standard InChI is InChI=1S/C6H10F2O4/c7-3-5(11)4(10)2(1-9)12-6(3)8/h2-6,9-11H,1H2/i7-1,8-1. The third-order valence-electron chi connectivity index (χ3n) is 1.79. The highest BCUT2D eigenvalue weighted by molar-refractivity contribution is 4.88. The van der Waals surface area contributed by atoms with Gasteiger partial charge in [0.15, 0.2) is 6.17 Å². The molecule has 1 aliphatic rings. The van der Waals surface area contributed by atoms with Crippen molar-refractivity contribution < 1.29 is 28.8 Å². The molecule has 0 spiro atoms. The largest absolute Gasteiger partial charge is 0.394 e. The van der Waals surface area contributed by atoms with Crippen molar-refractivity contribution in [1.82, 2.24) is 0 Å². The predicted molar refractivity (Wildman–Crippen MR) is 33.8 cm³/mol. The van der Waals surface area contributed by atoms with Crippen LogP contribution < -0.4 is 0 Å². The molecule has 1 saturated heterocycles. The number of alkyl halides is 2. The third-order valence-corrected chi connectivity index (χ3v) is 1.79. The van der Waals surface area contributed by atoms with Crippen molar-refractivity contribution in [2.24, 2.45) is 0 Å². The zero-order valence-electron chi connectivity index (χ0n) is 6.10. The van der Waals surface area contributed by atoms with E-state index in [4.69, 9.17) is 15.3 Å². The van der Waals surface area contributed by atoms with Gasteiger partial charge in [-0.15, -0.1) is 0 Å². The van der Waals surface area contributed by atoms with Gasteiger partial charge in [0.1, 0.15) is 18.3 Å². The summed E-state index contributed by atoms with van der Waals surface area (Å²) in [6.07, 6.45) is -9.24. The SMILES string of the molecule is OCC1OC([18F])C([18F])C(O)C1O. The van der Waals surface area contributed by atoms with Gasteiger partial charge in [-0.3, -0.25) is 0 Å². The van der Waals surface area contributed by atoms with Crippen LogP contribution in [0.15, 0.2) is 0 Å². The summed E-state index contributed by atoms with van der Waals surface area (Å²) in [6.45, 7) is -0.661. The predicted octanol–water partition coefficient (Wildman–Crippen LogP) is -1.27. The number of hydrogen-bond acceptors (Lipinski definition) is 4. The van der Waals surface area contributed by atoms with E-state index in [0.29, 0.717) is 0 Å². The average molecular weight is 182 g/mol. The number of aliphatic hydroxyl groups excluding tert-OH is 3. The van der Waals surface area contributed by atoms with E-state index in [1.807, 2.05) is 0 Å². The Balaban J connectivity index is 2.63. The van der Waals surface area contributed by atoms with Crippen LogP contribution in [0.3, 0.4) is 0 Å². The molecule has 0 bridgehead atoms. The van der Waals surface area contributed by atoms with E-state index in [2.05, 4.69) is 4.74 Å². The molecule has 0 saturated carbocycles. The average Bonchev–Trinajstić information content (AvgIpc) is 2.08. The Morgan fingerprint density at radius 1 is 1.17 bits per heavy atom. The molecule has 1 aliphatic heterocycles. The lowest BCUT2D eigenvalue weighted by molar-refractivity contribution is -0.246. The van der Waals surface area contributed by atoms with Crippen LogP contribution in [0.1, 0.15) is 0 Å². The van der Waals surface area contributed by atoms with Gasteiger partial charge in [-0.1, -0.05) is 0 Å². The topological polar surface area (TPSA) is 69.9 Å². The van der Waals surface area contributed by atoms with Crippen LogP contribution in [0.5, 0.6) is 0 Å². The molecule has 4 nitrogen and oxygen atoms in total. The normalized spacial score (nSPS) is 49.2. The monoisotopic (exact) mass is 182 g/mol. The lowest BCUT2D eigenvalue weighted by Crippen LogP contribution is -2.55. The van der Waals surface area contributed by atoms with Crippen molar-refractivity contribution in [3.63, 3.8) is 0 Å². The highest BCUT2D eigenvalue weighted by Gasteiger charge is 2.44. The zero-order chi connectivity index (χ0) is 9.30. The second-order valence-corrected chi connectivity index (χ2v) is 2.63. The second kappa shape index (κ2) is 3.61. The van der Waals surface area contributed by atoms with Gasteiger partial charge in [0, 0.05) is 0 Å². The molecule has 1 fully saturated rings. The number of halogens is 2. The van der Waals surface area contributed by atoms with Gasteiger partial charge in [-0.05, 0) is 0 Å². The molecule has 0 aromatic carbocycles. The smallest absolute Gasteiger partial charge is 0.233 e. The van der Waals surface area contributed by atoms with Crippen LogP contribution >= 0.6 is 0 Å². The molecule has 3 N–H and O–H groups in total. The zero-order valence-corrected chi connectivity index (χ0v) is 6.10. The number of hydrogen-bond donors (Lipinski definition) is 3. The van der Waals surface area contributed by atoms with Gasteiger partial charge in [-0.2, -0.15) is 0 Å². The maximum atomic E-state index is 12.5. The van der Waals surface area contributed by atoms with E-state index in [9.17, 15) is 8.78 Å². The molecule has 1 heterocycles. The minimum Gasteiger partial charge on any atom is -0.394 e. The highest BCUT2D eigenvalue weighted by atomic mass is 18.2. The van der Waals surface area contributed by atoms with Crippen LogP contribution in [0.25, 0.3) is 0 Å². The highest BCUT2D eigenvalue weighted by Crippen LogP contribution is 2.23. The molecule has 1 rings (SSSR count). The van der Waals surface area contributed by atoms with Crippen LogP contribution in [0.4, 0.5) is 8.78 Å². The van der Waals surface area contributed by atoms with Crippen LogP contribution in [-0.2, 0) is 4.74 Å². The molecule has 0 aliphatic carbocycles. The summed E-state index contributed by atoms with van der Waals surface area (Å²) < 4.78 is 29.2. The molecule has 0 aromatic rings. The fourth-order valence-corrected chi connectivity index (χ4v) is 1.04. The van der Waals surface area contributed by atoms with Crippen molar-refractivity contribution in [2.75, 3.05) is 6.61 Å². The Morgan fingerprint density at radius 3 is 2.25 bits per heavy atom. The van der Waals surface area contributed by atoms with Crippen molar-refractivity contribution in [1.29, 1.82) is 0 Å². The van der Waals surface area contributed by atoms with E-state index in [1.54, 1.807) is 0 Å². The van der Waals surface area contributed by atoms with Gasteiger partial charge in [-0.25, -0.2) is 8.78 Å². The molecule has 5 atom stereocenters. The fourth-order valence-electron chi connectivity index (χ4n) is 1.04. The van der Waals surface area contributed by atoms with Gasteiger partial charge in [0.25, 0.3) is 0 Å². The molecule has 12 heavy (non-hydrogen) atoms. The molecule has 72 valence electrons. The van der Waals surface area contributed by atoms with Crippen molar-refractivity contribution in [3.05, 3.63) is 0 Å². The van der Waals surface area contributed by atoms with Crippen LogP contribution in [0.2, 0.25) is 0 Å². The summed E-state index contributed by atoms with van der Waals surface area (Å²) in [6, 6.07) is 0. The van der Waals surface area contributed by atoms with E-state index in [-0.39, 0.29) is 0 Å². The maximum absolute atomic E-state index is 12.5. The molecular weight excluding hydrogens is 172 g/mol. The maximum Gasteiger partial charge on any atom is 0.233 e. The van der Waals surface area contributed by atoms with Gasteiger partial charge < -0.3 is 20.1 Å². The lowest BCUT2D eigenvalue weighted by atomic mass is 10.0. The first-order chi connectivity index (χ1) is 5.57. The number of rotatable bonds is 1. The summed E-state index contributed by atoms with van der Waals surface area (Å²) in [5, 5.41) is 26.3. The van der Waals surface area contributed by atoms with E-state index in [1.165, 1.54) is 0 Å². The Bertz CT molecular complexity index is 152. The first-order valence-corrected chi connectivity index (χ1v) is 3.48. The van der Waals surface area contributed by atoms with Crippen LogP contribution in [-0.4, -0.2) is 52.8 Å². The quantitative estimate of drug-likeness (QED) is 0.473. The minimum atomic E-state index is -2.29. The van der Waals surface area contributed by atoms with Gasteiger partial charge in [0.05, 0.1) is 6.61 Å². The molecule has 0 aromatic heterocycles. The Hall–Kier alpha value is -0.300. The Morgan fingerprint density at radius 2 is 1.75 bits per heavy atom. The van der Waals surface area contributed by atoms with E-state index < -0.39 is 37.4 Å². The van der Waals surface area contributed by atoms with Crippen molar-refractivity contribution in [2.45, 2.75) is 30.8 Å². The Kier molecular flexibility index (Phi) is 2.94. The second-order valence-electron chi connectivity index (χ2n) is 2.63. The molecule has 0 amide bonds. The minimum absolute atomic E-state index is 0.661. The molecule has 5 unspecified atom stereocenters. The molecule has 0 radical (unpaired) electrons. The summed E-state index contributed by atoms with van der Waals surface area (Å²) in [4.78, 5) is 0. The van der Waals surface area contributed by atoms with Crippen LogP contribution in [0, 0.1) is 0 Å². The summed E-state index contributed by atoms with van der Waals surface area (Å²) in [7, 11) is 0. The Labute approximate surface area is 67.4 Å². The molecule has 6 heteroatoms. The first kappa shape index (κ1) is 9.79. The van der Waals surface area contributed by atoms with Crippen molar-refractivity contribution >= 4 is 0 Å². The van der Waals surface area contributed by atoms with Gasteiger partial charge >= 0.3 is 0 Å². The fraction of sp³-hybridized carbons (Fsp3) is 1.00. The third kappa shape index (κ3) is 1.56. The molecular formula is C6H10F2O4. The van der Waals surface area contributed by atoms with E-state index >= 15 is 0 Å². The lowest BCUT2D eigenvalue weighted by Gasteiger charge is -2.35. The van der Waals surface area contributed by atoms with E-state index in [0.717, 1.165) is 0 Å². The van der Waals surface area contributed by atoms with Gasteiger partial charge in [0.2, 0.25) is 6.36 Å². The van der Waals surface area contributed by atoms with Crippen molar-refractivity contribution in [3.8, 4) is 0 Å². The number of ether oxygens (including phenoxy) is 1. The summed E-state index contributed by atoms with van der Waals surface area (Å²) in [5.74, 6) is 0.